The maximum atomic E-state index is 10.7. The van der Waals surface area contributed by atoms with Gasteiger partial charge in [0.05, 0.1) is 6.10 Å². The van der Waals surface area contributed by atoms with Gasteiger partial charge < -0.3 is 10.8 Å². The van der Waals surface area contributed by atoms with Crippen molar-refractivity contribution in [3.63, 3.8) is 0 Å². The quantitative estimate of drug-likeness (QED) is 0.825. The van der Waals surface area contributed by atoms with E-state index >= 15 is 0 Å². The summed E-state index contributed by atoms with van der Waals surface area (Å²) in [7, 11) is 0. The maximum Gasteiger partial charge on any atom is 0.0882 e. The van der Waals surface area contributed by atoms with Crippen LogP contribution in [0.15, 0.2) is 53.4 Å². The normalized spacial score (nSPS) is 14.0. The largest absolute Gasteiger partial charge is 0.388 e. The topological polar surface area (TPSA) is 46.2 Å². The number of hydrogen-bond donors (Lipinski definition) is 2. The van der Waals surface area contributed by atoms with Gasteiger partial charge in [-0.15, -0.1) is 11.8 Å². The summed E-state index contributed by atoms with van der Waals surface area (Å²) in [5.74, 6) is -0.211. The van der Waals surface area contributed by atoms with Crippen molar-refractivity contribution in [3.8, 4) is 0 Å². The predicted octanol–water partition coefficient (Wildman–Crippen LogP) is 3.84. The van der Waals surface area contributed by atoms with Gasteiger partial charge in [-0.1, -0.05) is 48.0 Å². The molecule has 0 bridgehead atoms. The maximum absolute atomic E-state index is 10.7. The minimum atomic E-state index is -0.663. The summed E-state index contributed by atoms with van der Waals surface area (Å²) in [6.45, 7) is 0.341. The summed E-state index contributed by atoms with van der Waals surface area (Å²) in [4.78, 5) is 1.06. The zero-order chi connectivity index (χ0) is 14.5. The third-order valence-corrected chi connectivity index (χ3v) is 4.55. The minimum Gasteiger partial charge on any atom is -0.388 e. The fourth-order valence-electron chi connectivity index (χ4n) is 2.33. The van der Waals surface area contributed by atoms with Crippen molar-refractivity contribution >= 4 is 23.4 Å². The zero-order valence-corrected chi connectivity index (χ0v) is 12.9. The van der Waals surface area contributed by atoms with Crippen LogP contribution in [0.25, 0.3) is 0 Å². The van der Waals surface area contributed by atoms with Gasteiger partial charge in [-0.25, -0.2) is 0 Å². The summed E-state index contributed by atoms with van der Waals surface area (Å²) in [6, 6.07) is 15.4. The van der Waals surface area contributed by atoms with Crippen LogP contribution in [0.4, 0.5) is 0 Å². The highest BCUT2D eigenvalue weighted by atomic mass is 35.5. The highest BCUT2D eigenvalue weighted by molar-refractivity contribution is 7.98. The fourth-order valence-corrected chi connectivity index (χ4v) is 3.24. The van der Waals surface area contributed by atoms with Gasteiger partial charge in [0.25, 0.3) is 0 Å². The number of aliphatic hydroxyl groups is 1. The van der Waals surface area contributed by atoms with Crippen molar-refractivity contribution in [1.29, 1.82) is 0 Å². The Morgan fingerprint density at radius 3 is 2.30 bits per heavy atom. The van der Waals surface area contributed by atoms with E-state index in [0.717, 1.165) is 16.0 Å². The Labute approximate surface area is 129 Å². The lowest BCUT2D eigenvalue weighted by atomic mass is 9.89. The van der Waals surface area contributed by atoms with Gasteiger partial charge in [0.1, 0.15) is 0 Å². The molecule has 0 radical (unpaired) electrons. The Morgan fingerprint density at radius 1 is 1.10 bits per heavy atom. The van der Waals surface area contributed by atoms with Crippen LogP contribution in [-0.4, -0.2) is 17.9 Å². The first-order valence-electron chi connectivity index (χ1n) is 6.44. The molecule has 0 saturated carbocycles. The van der Waals surface area contributed by atoms with E-state index in [4.69, 9.17) is 17.3 Å². The van der Waals surface area contributed by atoms with Gasteiger partial charge in [-0.2, -0.15) is 0 Å². The first-order chi connectivity index (χ1) is 9.69. The lowest BCUT2D eigenvalue weighted by molar-refractivity contribution is 0.145. The SMILES string of the molecule is CSc1ccccc1C(O)C(CN)c1ccccc1Cl. The molecule has 2 aromatic carbocycles. The molecule has 0 fully saturated rings. The van der Waals surface area contributed by atoms with Crippen LogP contribution in [0.3, 0.4) is 0 Å². The van der Waals surface area contributed by atoms with Gasteiger partial charge in [-0.05, 0) is 29.5 Å². The van der Waals surface area contributed by atoms with Crippen LogP contribution in [0, 0.1) is 0 Å². The molecule has 0 aromatic heterocycles. The van der Waals surface area contributed by atoms with E-state index in [-0.39, 0.29) is 5.92 Å². The lowest BCUT2D eigenvalue weighted by Gasteiger charge is -2.24. The molecule has 0 saturated heterocycles. The standard InChI is InChI=1S/C16H18ClNOS/c1-20-15-9-5-3-7-12(15)16(19)13(10-18)11-6-2-4-8-14(11)17/h2-9,13,16,19H,10,18H2,1H3. The van der Waals surface area contributed by atoms with E-state index in [0.29, 0.717) is 11.6 Å². The molecule has 0 heterocycles. The monoisotopic (exact) mass is 307 g/mol. The van der Waals surface area contributed by atoms with E-state index in [1.165, 1.54) is 0 Å². The molecule has 3 N–H and O–H groups in total. The number of benzene rings is 2. The first kappa shape index (κ1) is 15.4. The Bertz CT molecular complexity index is 576. The van der Waals surface area contributed by atoms with E-state index in [1.807, 2.05) is 54.8 Å². The molecule has 2 rings (SSSR count). The van der Waals surface area contributed by atoms with Gasteiger partial charge in [0, 0.05) is 22.4 Å². The fraction of sp³-hybridized carbons (Fsp3) is 0.250. The molecule has 2 unspecified atom stereocenters. The molecule has 2 nitrogen and oxygen atoms in total. The van der Waals surface area contributed by atoms with Crippen LogP contribution in [0.1, 0.15) is 23.1 Å². The molecule has 2 atom stereocenters. The molecule has 0 spiro atoms. The van der Waals surface area contributed by atoms with E-state index in [2.05, 4.69) is 0 Å². The second-order valence-electron chi connectivity index (χ2n) is 4.55. The average molecular weight is 308 g/mol. The van der Waals surface area contributed by atoms with Crippen LogP contribution < -0.4 is 5.73 Å². The number of halogens is 1. The van der Waals surface area contributed by atoms with E-state index in [1.54, 1.807) is 11.8 Å². The molecule has 4 heteroatoms. The van der Waals surface area contributed by atoms with E-state index in [9.17, 15) is 5.11 Å². The molecule has 20 heavy (non-hydrogen) atoms. The summed E-state index contributed by atoms with van der Waals surface area (Å²) < 4.78 is 0. The Hall–Kier alpha value is -1.00. The third-order valence-electron chi connectivity index (χ3n) is 3.40. The molecule has 0 aliphatic heterocycles. The number of nitrogens with two attached hydrogens (primary N) is 1. The predicted molar refractivity (Wildman–Crippen MR) is 86.4 cm³/mol. The summed E-state index contributed by atoms with van der Waals surface area (Å²) in [5.41, 5.74) is 7.67. The highest BCUT2D eigenvalue weighted by Gasteiger charge is 2.24. The minimum absolute atomic E-state index is 0.211. The second kappa shape index (κ2) is 7.14. The lowest BCUT2D eigenvalue weighted by Crippen LogP contribution is -2.21. The number of rotatable bonds is 5. The molecular formula is C16H18ClNOS. The molecule has 0 aliphatic carbocycles. The van der Waals surface area contributed by atoms with Crippen LogP contribution in [-0.2, 0) is 0 Å². The van der Waals surface area contributed by atoms with E-state index < -0.39 is 6.10 Å². The molecule has 2 aromatic rings. The smallest absolute Gasteiger partial charge is 0.0882 e. The van der Waals surface area contributed by atoms with Crippen molar-refractivity contribution < 1.29 is 5.11 Å². The van der Waals surface area contributed by atoms with Crippen molar-refractivity contribution in [2.75, 3.05) is 12.8 Å². The molecule has 0 amide bonds. The van der Waals surface area contributed by atoms with Gasteiger partial charge in [0.15, 0.2) is 0 Å². The van der Waals surface area contributed by atoms with Gasteiger partial charge >= 0.3 is 0 Å². The Balaban J connectivity index is 2.39. The van der Waals surface area contributed by atoms with Crippen LogP contribution >= 0.6 is 23.4 Å². The molecular weight excluding hydrogens is 290 g/mol. The van der Waals surface area contributed by atoms with Crippen molar-refractivity contribution in [1.82, 2.24) is 0 Å². The van der Waals surface area contributed by atoms with Gasteiger partial charge in [-0.3, -0.25) is 0 Å². The van der Waals surface area contributed by atoms with Crippen molar-refractivity contribution in [2.24, 2.45) is 5.73 Å². The zero-order valence-electron chi connectivity index (χ0n) is 11.3. The summed E-state index contributed by atoms with van der Waals surface area (Å²) in [5, 5.41) is 11.4. The first-order valence-corrected chi connectivity index (χ1v) is 8.04. The second-order valence-corrected chi connectivity index (χ2v) is 5.81. The molecule has 106 valence electrons. The third kappa shape index (κ3) is 3.18. The summed E-state index contributed by atoms with van der Waals surface area (Å²) >= 11 is 7.85. The number of hydrogen-bond acceptors (Lipinski definition) is 3. The average Bonchev–Trinajstić information content (AvgIpc) is 2.49. The summed E-state index contributed by atoms with van der Waals surface area (Å²) in [6.07, 6.45) is 1.34. The molecule has 0 aliphatic rings. The van der Waals surface area contributed by atoms with Crippen molar-refractivity contribution in [3.05, 3.63) is 64.7 Å². The highest BCUT2D eigenvalue weighted by Crippen LogP contribution is 2.37. The van der Waals surface area contributed by atoms with Crippen LogP contribution in [0.5, 0.6) is 0 Å². The number of aliphatic hydroxyl groups excluding tert-OH is 1. The number of thioether (sulfide) groups is 1. The van der Waals surface area contributed by atoms with Crippen LogP contribution in [0.2, 0.25) is 5.02 Å². The van der Waals surface area contributed by atoms with Gasteiger partial charge in [0.2, 0.25) is 0 Å². The Morgan fingerprint density at radius 2 is 1.70 bits per heavy atom. The van der Waals surface area contributed by atoms with Crippen molar-refractivity contribution in [2.45, 2.75) is 16.9 Å². The Kier molecular flexibility index (Phi) is 5.49.